The quantitative estimate of drug-likeness (QED) is 0.403. The number of ether oxygens (including phenoxy) is 2. The number of methoxy groups -OCH3 is 1. The van der Waals surface area contributed by atoms with E-state index in [0.717, 1.165) is 0 Å². The van der Waals surface area contributed by atoms with Crippen molar-refractivity contribution in [2.45, 2.75) is 71.3 Å². The molecule has 0 aromatic heterocycles. The van der Waals surface area contributed by atoms with Crippen molar-refractivity contribution in [3.05, 3.63) is 30.0 Å². The first-order chi connectivity index (χ1) is 18.5. The molecule has 0 spiro atoms. The summed E-state index contributed by atoms with van der Waals surface area (Å²) < 4.78 is 11.7. The Labute approximate surface area is 230 Å². The van der Waals surface area contributed by atoms with Crippen molar-refractivity contribution >= 4 is 29.7 Å². The van der Waals surface area contributed by atoms with Crippen LogP contribution in [-0.4, -0.2) is 79.5 Å². The van der Waals surface area contributed by atoms with Gasteiger partial charge in [-0.3, -0.25) is 19.2 Å². The molecule has 1 saturated heterocycles. The van der Waals surface area contributed by atoms with Gasteiger partial charge in [-0.05, 0) is 50.1 Å². The van der Waals surface area contributed by atoms with E-state index in [-0.39, 0.29) is 36.1 Å². The van der Waals surface area contributed by atoms with Crippen molar-refractivity contribution in [1.29, 1.82) is 0 Å². The SMILES string of the molecule is CN[C@H](C)C(=O)N[C@H](C(=O)N1CC[C@@H]2Oc3ccc(OC)c(c3)/C=C\NC(=O)[C@H](C(C)C)NC(=O)[C@H]21)C(C)C. The molecule has 1 aromatic rings. The van der Waals surface area contributed by atoms with E-state index in [4.69, 9.17) is 9.47 Å². The van der Waals surface area contributed by atoms with Gasteiger partial charge in [0.15, 0.2) is 0 Å². The number of rotatable bonds is 7. The molecule has 2 aliphatic rings. The number of benzene rings is 1. The van der Waals surface area contributed by atoms with E-state index in [9.17, 15) is 19.2 Å². The molecule has 5 atom stereocenters. The Morgan fingerprint density at radius 3 is 2.46 bits per heavy atom. The van der Waals surface area contributed by atoms with Gasteiger partial charge in [-0.25, -0.2) is 0 Å². The molecule has 11 nitrogen and oxygen atoms in total. The molecule has 3 rings (SSSR count). The highest BCUT2D eigenvalue weighted by Crippen LogP contribution is 2.30. The summed E-state index contributed by atoms with van der Waals surface area (Å²) in [5, 5.41) is 11.3. The van der Waals surface area contributed by atoms with Crippen LogP contribution in [0.25, 0.3) is 6.08 Å². The second-order valence-corrected chi connectivity index (χ2v) is 10.6. The molecule has 39 heavy (non-hydrogen) atoms. The molecule has 2 heterocycles. The van der Waals surface area contributed by atoms with Gasteiger partial charge in [-0.15, -0.1) is 0 Å². The summed E-state index contributed by atoms with van der Waals surface area (Å²) in [4.78, 5) is 54.8. The van der Waals surface area contributed by atoms with E-state index in [1.54, 1.807) is 45.4 Å². The highest BCUT2D eigenvalue weighted by molar-refractivity contribution is 5.96. The average Bonchev–Trinajstić information content (AvgIpc) is 3.32. The second-order valence-electron chi connectivity index (χ2n) is 10.6. The lowest BCUT2D eigenvalue weighted by molar-refractivity contribution is -0.144. The number of nitrogens with one attached hydrogen (secondary N) is 4. The lowest BCUT2D eigenvalue weighted by Crippen LogP contribution is -2.61. The zero-order valence-electron chi connectivity index (χ0n) is 23.7. The summed E-state index contributed by atoms with van der Waals surface area (Å²) in [7, 11) is 3.22. The average molecular weight is 544 g/mol. The highest BCUT2D eigenvalue weighted by atomic mass is 16.5. The molecule has 0 saturated carbocycles. The van der Waals surface area contributed by atoms with Crippen molar-refractivity contribution in [3.8, 4) is 11.5 Å². The third-order valence-electron chi connectivity index (χ3n) is 7.17. The van der Waals surface area contributed by atoms with Gasteiger partial charge in [-0.1, -0.05) is 27.7 Å². The number of likely N-dealkylation sites (N-methyl/N-ethyl adjacent to an activating group) is 1. The molecule has 11 heteroatoms. The van der Waals surface area contributed by atoms with Crippen LogP contribution in [0.1, 0.15) is 46.6 Å². The van der Waals surface area contributed by atoms with Gasteiger partial charge >= 0.3 is 0 Å². The van der Waals surface area contributed by atoms with Crippen molar-refractivity contribution in [1.82, 2.24) is 26.2 Å². The van der Waals surface area contributed by atoms with Crippen LogP contribution in [0.3, 0.4) is 0 Å². The molecule has 4 amide bonds. The van der Waals surface area contributed by atoms with E-state index in [0.29, 0.717) is 23.5 Å². The van der Waals surface area contributed by atoms with E-state index >= 15 is 0 Å². The minimum atomic E-state index is -1.01. The number of amides is 4. The summed E-state index contributed by atoms with van der Waals surface area (Å²) in [6, 6.07) is 2.05. The first kappa shape index (κ1) is 29.9. The second kappa shape index (κ2) is 13.0. The van der Waals surface area contributed by atoms with Crippen LogP contribution in [0.15, 0.2) is 24.4 Å². The first-order valence-corrected chi connectivity index (χ1v) is 13.4. The molecule has 4 N–H and O–H groups in total. The lowest BCUT2D eigenvalue weighted by Gasteiger charge is -2.33. The summed E-state index contributed by atoms with van der Waals surface area (Å²) in [6.07, 6.45) is 2.92. The Bertz CT molecular complexity index is 1100. The first-order valence-electron chi connectivity index (χ1n) is 13.4. The van der Waals surface area contributed by atoms with E-state index in [1.807, 2.05) is 27.7 Å². The molecule has 0 aliphatic carbocycles. The fraction of sp³-hybridized carbons (Fsp3) is 0.571. The van der Waals surface area contributed by atoms with Gasteiger partial charge in [0, 0.05) is 24.7 Å². The fourth-order valence-corrected chi connectivity index (χ4v) is 4.71. The molecular formula is C28H41N5O6. The van der Waals surface area contributed by atoms with Crippen molar-refractivity contribution in [2.24, 2.45) is 11.8 Å². The normalized spacial score (nSPS) is 23.7. The van der Waals surface area contributed by atoms with Crippen molar-refractivity contribution in [3.63, 3.8) is 0 Å². The van der Waals surface area contributed by atoms with E-state index in [2.05, 4.69) is 21.3 Å². The minimum Gasteiger partial charge on any atom is -0.496 e. The third kappa shape index (κ3) is 6.89. The molecule has 0 unspecified atom stereocenters. The summed E-state index contributed by atoms with van der Waals surface area (Å²) in [5.74, 6) is -0.935. The molecular weight excluding hydrogens is 502 g/mol. The fourth-order valence-electron chi connectivity index (χ4n) is 4.71. The number of fused-ring (bicyclic) bond motifs is 3. The summed E-state index contributed by atoms with van der Waals surface area (Å²) >= 11 is 0. The largest absolute Gasteiger partial charge is 0.496 e. The smallest absolute Gasteiger partial charge is 0.247 e. The Kier molecular flexibility index (Phi) is 9.96. The predicted octanol–water partition coefficient (Wildman–Crippen LogP) is 1.03. The van der Waals surface area contributed by atoms with Crippen LogP contribution in [-0.2, 0) is 19.2 Å². The number of likely N-dealkylation sites (tertiary alicyclic amines) is 1. The van der Waals surface area contributed by atoms with Gasteiger partial charge in [-0.2, -0.15) is 0 Å². The van der Waals surface area contributed by atoms with Crippen molar-refractivity contribution < 1.29 is 28.7 Å². The van der Waals surface area contributed by atoms with E-state index in [1.165, 1.54) is 11.1 Å². The Morgan fingerprint density at radius 1 is 1.13 bits per heavy atom. The van der Waals surface area contributed by atoms with Gasteiger partial charge in [0.25, 0.3) is 0 Å². The Balaban J connectivity index is 2.01. The van der Waals surface area contributed by atoms with Crippen LogP contribution in [0.4, 0.5) is 0 Å². The maximum absolute atomic E-state index is 13.9. The topological polar surface area (TPSA) is 138 Å². The monoisotopic (exact) mass is 543 g/mol. The van der Waals surface area contributed by atoms with Gasteiger partial charge in [0.1, 0.15) is 35.7 Å². The summed E-state index contributed by atoms with van der Waals surface area (Å²) in [5.41, 5.74) is 0.679. The predicted molar refractivity (Wildman–Crippen MR) is 147 cm³/mol. The van der Waals surface area contributed by atoms with Gasteiger partial charge in [0.05, 0.1) is 13.2 Å². The van der Waals surface area contributed by atoms with Crippen LogP contribution in [0.5, 0.6) is 11.5 Å². The van der Waals surface area contributed by atoms with E-state index < -0.39 is 36.2 Å². The Hall–Kier alpha value is -3.60. The molecule has 1 aromatic carbocycles. The maximum Gasteiger partial charge on any atom is 0.247 e. The van der Waals surface area contributed by atoms with Crippen LogP contribution >= 0.6 is 0 Å². The Morgan fingerprint density at radius 2 is 1.85 bits per heavy atom. The highest BCUT2D eigenvalue weighted by Gasteiger charge is 2.47. The minimum absolute atomic E-state index is 0.223. The molecule has 214 valence electrons. The number of carbonyl (C=O) groups is 4. The molecule has 2 bridgehead atoms. The third-order valence-corrected chi connectivity index (χ3v) is 7.17. The summed E-state index contributed by atoms with van der Waals surface area (Å²) in [6.45, 7) is 9.30. The number of hydrogen-bond donors (Lipinski definition) is 4. The molecule has 2 aliphatic heterocycles. The van der Waals surface area contributed by atoms with Gasteiger partial charge < -0.3 is 35.6 Å². The standard InChI is InChI=1S/C28H41N5O6/c1-15(2)22-26(35)30-12-10-18-14-19(8-9-20(18)38-7)39-21-11-13-33(24(21)27(36)31-22)28(37)23(16(3)4)32-25(34)17(5)29-6/h8-10,12,14-17,21-24,29H,11,13H2,1-7H3,(H,30,35)(H,31,36)(H,32,34)/b12-10-/t17-,21+,22+,23+,24+/m1/s1. The molecule has 0 radical (unpaired) electrons. The van der Waals surface area contributed by atoms with Crippen molar-refractivity contribution in [2.75, 3.05) is 20.7 Å². The van der Waals surface area contributed by atoms with Crippen LogP contribution in [0.2, 0.25) is 0 Å². The number of hydrogen-bond acceptors (Lipinski definition) is 7. The molecule has 1 fully saturated rings. The lowest BCUT2D eigenvalue weighted by atomic mass is 10.0. The maximum atomic E-state index is 13.9. The van der Waals surface area contributed by atoms with Crippen LogP contribution in [0, 0.1) is 11.8 Å². The zero-order valence-corrected chi connectivity index (χ0v) is 23.7. The number of carbonyl (C=O) groups excluding carboxylic acids is 4. The number of nitrogens with zero attached hydrogens (tertiary/aromatic N) is 1. The van der Waals surface area contributed by atoms with Crippen LogP contribution < -0.4 is 30.7 Å². The zero-order chi connectivity index (χ0) is 28.9. The van der Waals surface area contributed by atoms with Gasteiger partial charge in [0.2, 0.25) is 23.6 Å².